The second-order valence-electron chi connectivity index (χ2n) is 8.22. The number of nitrogens with zero attached hydrogens (tertiary/aromatic N) is 4. The van der Waals surface area contributed by atoms with Crippen LogP contribution in [-0.4, -0.2) is 32.7 Å². The van der Waals surface area contributed by atoms with E-state index in [9.17, 15) is 10.1 Å². The van der Waals surface area contributed by atoms with Gasteiger partial charge in [0, 0.05) is 17.0 Å². The van der Waals surface area contributed by atoms with Crippen molar-refractivity contribution in [3.8, 4) is 28.6 Å². The molecule has 0 bridgehead atoms. The summed E-state index contributed by atoms with van der Waals surface area (Å²) >= 11 is 1.53. The van der Waals surface area contributed by atoms with Crippen molar-refractivity contribution in [2.75, 3.05) is 17.9 Å². The van der Waals surface area contributed by atoms with Gasteiger partial charge in [-0.15, -0.1) is 10.2 Å². The molecule has 10 nitrogen and oxygen atoms in total. The number of benzene rings is 2. The minimum Gasteiger partial charge on any atom is -0.454 e. The van der Waals surface area contributed by atoms with Gasteiger partial charge >= 0.3 is 0 Å². The fourth-order valence-electron chi connectivity index (χ4n) is 4.03. The van der Waals surface area contributed by atoms with E-state index in [0.717, 1.165) is 17.7 Å². The van der Waals surface area contributed by atoms with Crippen LogP contribution in [0.1, 0.15) is 50.8 Å². The van der Waals surface area contributed by atoms with Gasteiger partial charge in [-0.05, 0) is 18.6 Å². The number of ether oxygens (including phenoxy) is 3. The van der Waals surface area contributed by atoms with E-state index in [1.807, 2.05) is 24.3 Å². The Morgan fingerprint density at radius 1 is 1.11 bits per heavy atom. The number of hydrogen-bond donors (Lipinski definition) is 1. The molecule has 5 rings (SSSR count). The number of thioether (sulfide) groups is 1. The first-order valence-electron chi connectivity index (χ1n) is 11.6. The average Bonchev–Trinajstić information content (AvgIpc) is 3.26. The Hall–Kier alpha value is -3.60. The van der Waals surface area contributed by atoms with E-state index in [1.54, 1.807) is 6.07 Å². The molecule has 35 heavy (non-hydrogen) atoms. The second-order valence-corrected chi connectivity index (χ2v) is 9.28. The average molecular weight is 496 g/mol. The Labute approximate surface area is 206 Å². The smallest absolute Gasteiger partial charge is 0.282 e. The zero-order chi connectivity index (χ0) is 24.2. The molecule has 2 aliphatic rings. The number of aromatic nitrogens is 3. The molecule has 1 aromatic heterocycles. The van der Waals surface area contributed by atoms with Gasteiger partial charge in [0.15, 0.2) is 17.2 Å². The molecule has 1 unspecified atom stereocenters. The summed E-state index contributed by atoms with van der Waals surface area (Å²) in [6, 6.07) is 10.4. The van der Waals surface area contributed by atoms with E-state index in [-0.39, 0.29) is 18.4 Å². The van der Waals surface area contributed by atoms with Crippen LogP contribution in [0.2, 0.25) is 0 Å². The summed E-state index contributed by atoms with van der Waals surface area (Å²) < 4.78 is 17.0. The predicted octanol–water partition coefficient (Wildman–Crippen LogP) is 5.74. The zero-order valence-corrected chi connectivity index (χ0v) is 20.0. The number of fused-ring (bicyclic) bond motifs is 4. The van der Waals surface area contributed by atoms with Crippen LogP contribution in [0, 0.1) is 10.1 Å². The lowest BCUT2D eigenvalue weighted by Gasteiger charge is -2.19. The van der Waals surface area contributed by atoms with Crippen LogP contribution < -0.4 is 19.5 Å². The molecule has 0 spiro atoms. The number of nitrogens with one attached hydrogen (secondary N) is 1. The molecular weight excluding hydrogens is 470 g/mol. The number of para-hydroxylation sites is 1. The topological polar surface area (TPSA) is 122 Å². The van der Waals surface area contributed by atoms with Crippen molar-refractivity contribution in [3.63, 3.8) is 0 Å². The molecule has 182 valence electrons. The fourth-order valence-corrected chi connectivity index (χ4v) is 4.81. The molecule has 3 aromatic rings. The number of rotatable bonds is 9. The van der Waals surface area contributed by atoms with Crippen LogP contribution in [0.5, 0.6) is 17.4 Å². The Kier molecular flexibility index (Phi) is 6.84. The molecule has 0 radical (unpaired) electrons. The maximum atomic E-state index is 11.9. The highest BCUT2D eigenvalue weighted by Gasteiger charge is 2.33. The van der Waals surface area contributed by atoms with Gasteiger partial charge in [0.05, 0.1) is 16.6 Å². The molecule has 0 saturated carbocycles. The fraction of sp³-hybridized carbons (Fsp3) is 0.375. The molecule has 1 atom stereocenters. The van der Waals surface area contributed by atoms with Crippen LogP contribution in [0.15, 0.2) is 41.6 Å². The third kappa shape index (κ3) is 4.95. The minimum atomic E-state index is -0.907. The van der Waals surface area contributed by atoms with Crippen molar-refractivity contribution in [1.29, 1.82) is 0 Å². The van der Waals surface area contributed by atoms with Gasteiger partial charge in [-0.2, -0.15) is 4.98 Å². The first-order valence-corrected chi connectivity index (χ1v) is 12.6. The lowest BCUT2D eigenvalue weighted by Crippen LogP contribution is -2.18. The lowest BCUT2D eigenvalue weighted by atomic mass is 10.1. The third-order valence-corrected chi connectivity index (χ3v) is 6.74. The molecule has 1 N–H and O–H groups in total. The Balaban J connectivity index is 1.47. The van der Waals surface area contributed by atoms with Crippen LogP contribution in [0.3, 0.4) is 0 Å². The Morgan fingerprint density at radius 3 is 2.74 bits per heavy atom. The van der Waals surface area contributed by atoms with Gasteiger partial charge in [-0.25, -0.2) is 0 Å². The molecule has 11 heteroatoms. The van der Waals surface area contributed by atoms with E-state index in [1.165, 1.54) is 43.5 Å². The van der Waals surface area contributed by atoms with Gasteiger partial charge < -0.3 is 19.5 Å². The highest BCUT2D eigenvalue weighted by molar-refractivity contribution is 7.99. The standard InChI is InChI=1S/C24H25N5O5S/c1-2-3-4-5-8-11-35-24-26-23-21(27-28-24)15-9-6-7-10-17(15)25-22(34-23)16-12-19-20(33-14-32-19)13-18(16)29(30)31/h6-7,9-10,12-13,22,25H,2-5,8,11,14H2,1H3. The molecule has 0 aliphatic carbocycles. The molecule has 2 aromatic carbocycles. The van der Waals surface area contributed by atoms with E-state index < -0.39 is 11.2 Å². The molecular formula is C24H25N5O5S. The molecule has 3 heterocycles. The summed E-state index contributed by atoms with van der Waals surface area (Å²) in [5.41, 5.74) is 2.09. The van der Waals surface area contributed by atoms with Crippen molar-refractivity contribution in [1.82, 2.24) is 15.2 Å². The first-order chi connectivity index (χ1) is 17.1. The Bertz CT molecular complexity index is 1240. The second kappa shape index (κ2) is 10.3. The van der Waals surface area contributed by atoms with Gasteiger partial charge in [0.2, 0.25) is 24.1 Å². The van der Waals surface area contributed by atoms with E-state index in [2.05, 4.69) is 27.4 Å². The normalized spacial score (nSPS) is 15.4. The van der Waals surface area contributed by atoms with Crippen molar-refractivity contribution >= 4 is 23.1 Å². The predicted molar refractivity (Wildman–Crippen MR) is 131 cm³/mol. The van der Waals surface area contributed by atoms with Crippen LogP contribution in [0.4, 0.5) is 11.4 Å². The highest BCUT2D eigenvalue weighted by atomic mass is 32.2. The molecule has 2 aliphatic heterocycles. The summed E-state index contributed by atoms with van der Waals surface area (Å²) in [6.07, 6.45) is 5.01. The summed E-state index contributed by atoms with van der Waals surface area (Å²) in [6.45, 7) is 2.21. The van der Waals surface area contributed by atoms with E-state index in [4.69, 9.17) is 14.2 Å². The number of nitro groups is 1. The van der Waals surface area contributed by atoms with E-state index >= 15 is 0 Å². The van der Waals surface area contributed by atoms with Crippen molar-refractivity contribution in [3.05, 3.63) is 52.1 Å². The summed E-state index contributed by atoms with van der Waals surface area (Å²) in [5.74, 6) is 1.91. The third-order valence-electron chi connectivity index (χ3n) is 5.81. The van der Waals surface area contributed by atoms with Crippen LogP contribution in [0.25, 0.3) is 11.3 Å². The zero-order valence-electron chi connectivity index (χ0n) is 19.2. The summed E-state index contributed by atoms with van der Waals surface area (Å²) in [7, 11) is 0. The summed E-state index contributed by atoms with van der Waals surface area (Å²) in [4.78, 5) is 16.1. The number of anilines is 1. The van der Waals surface area contributed by atoms with Crippen LogP contribution >= 0.6 is 11.8 Å². The maximum Gasteiger partial charge on any atom is 0.282 e. The largest absolute Gasteiger partial charge is 0.454 e. The SMILES string of the molecule is CCCCCCCSc1nnc2c(n1)OC(c1cc3c(cc1[N+](=O)[O-])OCO3)Nc1ccccc1-2. The number of hydrogen-bond acceptors (Lipinski definition) is 10. The van der Waals surface area contributed by atoms with Gasteiger partial charge in [0.25, 0.3) is 5.69 Å². The first kappa shape index (κ1) is 23.2. The number of unbranched alkanes of at least 4 members (excludes halogenated alkanes) is 4. The lowest BCUT2D eigenvalue weighted by molar-refractivity contribution is -0.386. The van der Waals surface area contributed by atoms with Crippen LogP contribution in [-0.2, 0) is 0 Å². The highest BCUT2D eigenvalue weighted by Crippen LogP contribution is 2.44. The van der Waals surface area contributed by atoms with E-state index in [0.29, 0.717) is 33.6 Å². The van der Waals surface area contributed by atoms with Crippen molar-refractivity contribution in [2.24, 2.45) is 0 Å². The van der Waals surface area contributed by atoms with Crippen molar-refractivity contribution in [2.45, 2.75) is 50.4 Å². The summed E-state index contributed by atoms with van der Waals surface area (Å²) in [5, 5.41) is 24.4. The quantitative estimate of drug-likeness (QED) is 0.170. The van der Waals surface area contributed by atoms with Crippen molar-refractivity contribution < 1.29 is 19.1 Å². The maximum absolute atomic E-state index is 11.9. The van der Waals surface area contributed by atoms with Gasteiger partial charge in [0.1, 0.15) is 0 Å². The minimum absolute atomic E-state index is 0.0106. The molecule has 0 fully saturated rings. The monoisotopic (exact) mass is 495 g/mol. The molecule has 0 saturated heterocycles. The van der Waals surface area contributed by atoms with Gasteiger partial charge in [-0.1, -0.05) is 62.6 Å². The Morgan fingerprint density at radius 2 is 1.91 bits per heavy atom. The number of nitro benzene ring substituents is 1. The van der Waals surface area contributed by atoms with Gasteiger partial charge in [-0.3, -0.25) is 10.1 Å². The molecule has 0 amide bonds.